The van der Waals surface area contributed by atoms with Gasteiger partial charge >= 0.3 is 12.1 Å². The quantitative estimate of drug-likeness (QED) is 0.277. The van der Waals surface area contributed by atoms with Gasteiger partial charge in [0.15, 0.2) is 0 Å². The van der Waals surface area contributed by atoms with Crippen molar-refractivity contribution in [3.05, 3.63) is 36.4 Å². The van der Waals surface area contributed by atoms with E-state index >= 15 is 0 Å². The van der Waals surface area contributed by atoms with Crippen LogP contribution in [0.3, 0.4) is 0 Å². The summed E-state index contributed by atoms with van der Waals surface area (Å²) in [4.78, 5) is 35.3. The Kier molecular flexibility index (Phi) is 10.2. The zero-order valence-corrected chi connectivity index (χ0v) is 18.7. The van der Waals surface area contributed by atoms with E-state index in [2.05, 4.69) is 17.2 Å². The first-order valence-electron chi connectivity index (χ1n) is 9.93. The molecule has 2 unspecified atom stereocenters. The van der Waals surface area contributed by atoms with E-state index in [9.17, 15) is 19.5 Å². The molecule has 9 nitrogen and oxygen atoms in total. The summed E-state index contributed by atoms with van der Waals surface area (Å²) in [5.74, 6) is -0.958. The highest BCUT2D eigenvalue weighted by molar-refractivity contribution is 5.95. The van der Waals surface area contributed by atoms with Gasteiger partial charge in [-0.2, -0.15) is 0 Å². The van der Waals surface area contributed by atoms with Gasteiger partial charge in [0.05, 0.1) is 11.7 Å². The number of amides is 2. The second-order valence-corrected chi connectivity index (χ2v) is 7.76. The molecule has 2 atom stereocenters. The average molecular weight is 437 g/mol. The van der Waals surface area contributed by atoms with Gasteiger partial charge in [0, 0.05) is 23.9 Å². The Morgan fingerprint density at radius 2 is 1.81 bits per heavy atom. The number of hydrogen-bond donors (Lipinski definition) is 3. The minimum absolute atomic E-state index is 0.0862. The molecule has 0 heterocycles. The van der Waals surface area contributed by atoms with Crippen LogP contribution in [-0.4, -0.2) is 54.1 Å². The predicted molar refractivity (Wildman–Crippen MR) is 117 cm³/mol. The van der Waals surface area contributed by atoms with Crippen LogP contribution >= 0.6 is 0 Å². The Morgan fingerprint density at radius 1 is 1.16 bits per heavy atom. The molecule has 0 saturated heterocycles. The van der Waals surface area contributed by atoms with E-state index in [4.69, 9.17) is 14.2 Å². The maximum Gasteiger partial charge on any atom is 0.411 e. The molecule has 0 spiro atoms. The lowest BCUT2D eigenvalue weighted by Crippen LogP contribution is -2.34. The number of esters is 1. The fourth-order valence-corrected chi connectivity index (χ4v) is 2.72. The monoisotopic (exact) mass is 436 g/mol. The highest BCUT2D eigenvalue weighted by atomic mass is 16.6. The number of anilines is 2. The molecule has 9 heteroatoms. The Morgan fingerprint density at radius 3 is 2.42 bits per heavy atom. The first kappa shape index (κ1) is 26.1. The summed E-state index contributed by atoms with van der Waals surface area (Å²) in [5, 5.41) is 15.2. The molecule has 0 saturated carbocycles. The summed E-state index contributed by atoms with van der Waals surface area (Å²) in [7, 11) is 0. The number of rotatable bonds is 11. The van der Waals surface area contributed by atoms with Crippen LogP contribution < -0.4 is 10.6 Å². The number of nitrogens with one attached hydrogen (secondary N) is 2. The first-order valence-corrected chi connectivity index (χ1v) is 9.93. The van der Waals surface area contributed by atoms with E-state index in [1.165, 1.54) is 0 Å². The molecule has 2 amide bonds. The second-order valence-electron chi connectivity index (χ2n) is 7.76. The minimum atomic E-state index is -0.894. The van der Waals surface area contributed by atoms with E-state index in [-0.39, 0.29) is 25.2 Å². The molecular weight excluding hydrogens is 404 g/mol. The van der Waals surface area contributed by atoms with Crippen molar-refractivity contribution in [2.75, 3.05) is 23.8 Å². The Labute approximate surface area is 182 Å². The van der Waals surface area contributed by atoms with Gasteiger partial charge in [0.2, 0.25) is 0 Å². The standard InChI is InChI=1S/C22H32N2O7/c1-7-19(25)29-10-11-30-21(27)24-18-12-17(9-8-14(18)2)23-20(26)16(4)31-15(3)13-22(5,6)28/h7-9,12,15-16,28H,1,10-11,13H2,2-6H3,(H,23,26)(H,24,27). The normalized spacial score (nSPS) is 13.0. The lowest BCUT2D eigenvalue weighted by molar-refractivity contribution is -0.138. The lowest BCUT2D eigenvalue weighted by Gasteiger charge is -2.24. The lowest BCUT2D eigenvalue weighted by atomic mass is 10.0. The minimum Gasteiger partial charge on any atom is -0.459 e. The van der Waals surface area contributed by atoms with Gasteiger partial charge in [-0.3, -0.25) is 10.1 Å². The van der Waals surface area contributed by atoms with Gasteiger partial charge < -0.3 is 24.6 Å². The second kappa shape index (κ2) is 12.1. The van der Waals surface area contributed by atoms with Crippen molar-refractivity contribution in [1.29, 1.82) is 0 Å². The van der Waals surface area contributed by atoms with Crippen molar-refractivity contribution in [3.63, 3.8) is 0 Å². The van der Waals surface area contributed by atoms with Crippen LogP contribution in [0.25, 0.3) is 0 Å². The predicted octanol–water partition coefficient (Wildman–Crippen LogP) is 3.17. The fraction of sp³-hybridized carbons (Fsp3) is 0.500. The Hall–Kier alpha value is -2.91. The summed E-state index contributed by atoms with van der Waals surface area (Å²) in [6.45, 7) is 11.6. The van der Waals surface area contributed by atoms with E-state index in [1.54, 1.807) is 52.8 Å². The van der Waals surface area contributed by atoms with Crippen molar-refractivity contribution in [2.24, 2.45) is 0 Å². The summed E-state index contributed by atoms with van der Waals surface area (Å²) in [6.07, 6.45) is -0.366. The third-order valence-electron chi connectivity index (χ3n) is 4.06. The Balaban J connectivity index is 2.60. The summed E-state index contributed by atoms with van der Waals surface area (Å²) < 4.78 is 15.3. The molecule has 1 rings (SSSR count). The first-order chi connectivity index (χ1) is 14.4. The van der Waals surface area contributed by atoms with Crippen LogP contribution in [0.2, 0.25) is 0 Å². The molecule has 0 bridgehead atoms. The zero-order chi connectivity index (χ0) is 23.6. The van der Waals surface area contributed by atoms with E-state index in [0.29, 0.717) is 17.8 Å². The number of carbonyl (C=O) groups is 3. The molecule has 1 aromatic carbocycles. The number of aryl methyl sites for hydroxylation is 1. The molecule has 172 valence electrons. The maximum absolute atomic E-state index is 12.4. The SMILES string of the molecule is C=CC(=O)OCCOC(=O)Nc1cc(NC(=O)C(C)OC(C)CC(C)(C)O)ccc1C. The van der Waals surface area contributed by atoms with Crippen LogP contribution in [0.5, 0.6) is 0 Å². The maximum atomic E-state index is 12.4. The zero-order valence-electron chi connectivity index (χ0n) is 18.7. The molecule has 0 radical (unpaired) electrons. The number of aliphatic hydroxyl groups is 1. The Bertz CT molecular complexity index is 787. The van der Waals surface area contributed by atoms with Gasteiger partial charge in [-0.1, -0.05) is 12.6 Å². The summed E-state index contributed by atoms with van der Waals surface area (Å²) in [6, 6.07) is 5.03. The summed E-state index contributed by atoms with van der Waals surface area (Å²) in [5.41, 5.74) is 0.789. The third-order valence-corrected chi connectivity index (χ3v) is 4.06. The van der Waals surface area contributed by atoms with Crippen LogP contribution in [0.4, 0.5) is 16.2 Å². The molecule has 3 N–H and O–H groups in total. The molecule has 0 aromatic heterocycles. The number of hydrogen-bond acceptors (Lipinski definition) is 7. The average Bonchev–Trinajstić information content (AvgIpc) is 2.65. The van der Waals surface area contributed by atoms with Crippen molar-refractivity contribution < 1.29 is 33.7 Å². The smallest absolute Gasteiger partial charge is 0.411 e. The van der Waals surface area contributed by atoms with Crippen molar-refractivity contribution in [1.82, 2.24) is 0 Å². The fourth-order valence-electron chi connectivity index (χ4n) is 2.72. The molecule has 0 aliphatic rings. The highest BCUT2D eigenvalue weighted by Crippen LogP contribution is 2.21. The van der Waals surface area contributed by atoms with Gasteiger partial charge in [0.1, 0.15) is 19.3 Å². The molecule has 0 aliphatic heterocycles. The molecule has 31 heavy (non-hydrogen) atoms. The number of benzene rings is 1. The van der Waals surface area contributed by atoms with E-state index < -0.39 is 23.8 Å². The molecule has 0 fully saturated rings. The molecular formula is C22H32N2O7. The summed E-state index contributed by atoms with van der Waals surface area (Å²) >= 11 is 0. The highest BCUT2D eigenvalue weighted by Gasteiger charge is 2.22. The van der Waals surface area contributed by atoms with Crippen molar-refractivity contribution >= 4 is 29.3 Å². The number of carbonyl (C=O) groups excluding carboxylic acids is 3. The van der Waals surface area contributed by atoms with Crippen molar-refractivity contribution in [2.45, 2.75) is 58.8 Å². The molecule has 0 aliphatic carbocycles. The van der Waals surface area contributed by atoms with Gasteiger partial charge in [-0.05, 0) is 52.3 Å². The third kappa shape index (κ3) is 10.6. The topological polar surface area (TPSA) is 123 Å². The largest absolute Gasteiger partial charge is 0.459 e. The number of ether oxygens (including phenoxy) is 3. The van der Waals surface area contributed by atoms with E-state index in [1.807, 2.05) is 0 Å². The van der Waals surface area contributed by atoms with Crippen molar-refractivity contribution in [3.8, 4) is 0 Å². The van der Waals surface area contributed by atoms with Crippen LogP contribution in [0.1, 0.15) is 39.7 Å². The van der Waals surface area contributed by atoms with Gasteiger partial charge in [-0.25, -0.2) is 9.59 Å². The van der Waals surface area contributed by atoms with Gasteiger partial charge in [0.25, 0.3) is 5.91 Å². The van der Waals surface area contributed by atoms with E-state index in [0.717, 1.165) is 11.6 Å². The van der Waals surface area contributed by atoms with Crippen LogP contribution in [0.15, 0.2) is 30.9 Å². The van der Waals surface area contributed by atoms with Gasteiger partial charge in [-0.15, -0.1) is 0 Å². The van der Waals surface area contributed by atoms with Crippen LogP contribution in [-0.2, 0) is 23.8 Å². The molecule has 1 aromatic rings. The van der Waals surface area contributed by atoms with Crippen LogP contribution in [0, 0.1) is 6.92 Å².